The predicted molar refractivity (Wildman–Crippen MR) is 226 cm³/mol. The number of unbranched alkanes of at least 4 members (excludes halogenated alkanes) is 7. The fourth-order valence-corrected chi connectivity index (χ4v) is 10.9. The Bertz CT molecular complexity index is 2110. The molecule has 0 saturated heterocycles. The SMILES string of the molecule is CCCCCCN(CCCCCC)c1ccc(-c2cc3c(s2)c2sc4cc(/C=C(\C#N)C(N)=C(C#N)C#N)sc4c2n3CC(CC)CCCC)cc1. The summed E-state index contributed by atoms with van der Waals surface area (Å²) in [6.07, 6.45) is 16.7. The van der Waals surface area contributed by atoms with Crippen LogP contribution in [-0.4, -0.2) is 17.7 Å². The van der Waals surface area contributed by atoms with E-state index in [1.165, 1.54) is 117 Å². The van der Waals surface area contributed by atoms with Gasteiger partial charge in [0, 0.05) is 39.8 Å². The van der Waals surface area contributed by atoms with Gasteiger partial charge in [0.1, 0.15) is 18.2 Å². The molecule has 5 rings (SSSR count). The van der Waals surface area contributed by atoms with Crippen LogP contribution in [0, 0.1) is 39.9 Å². The number of nitriles is 3. The highest BCUT2D eigenvalue weighted by molar-refractivity contribution is 7.36. The molecule has 272 valence electrons. The standard InChI is InChI=1S/C43H52N6S3/c1-5-9-12-14-21-48(22-15-13-10-6-2)34-19-17-31(18-20-34)37-25-36-41(51-37)43-40(49(36)29-30(8-4)16-11-7-3)42-38(52-43)24-35(50-42)23-32(26-44)39(47)33(27-45)28-46/h17-20,23-25,30H,5-16,21-22,29,47H2,1-4H3/b32-23+. The molecule has 4 aromatic heterocycles. The number of allylic oxidation sites excluding steroid dienone is 2. The Morgan fingerprint density at radius 2 is 1.46 bits per heavy atom. The number of rotatable bonds is 20. The first-order valence-corrected chi connectivity index (χ1v) is 21.6. The molecule has 0 fully saturated rings. The molecule has 0 amide bonds. The van der Waals surface area contributed by atoms with E-state index in [9.17, 15) is 15.8 Å². The van der Waals surface area contributed by atoms with Gasteiger partial charge in [-0.2, -0.15) is 15.8 Å². The summed E-state index contributed by atoms with van der Waals surface area (Å²) in [6, 6.07) is 19.5. The third-order valence-electron chi connectivity index (χ3n) is 10.1. The van der Waals surface area contributed by atoms with E-state index in [0.29, 0.717) is 5.92 Å². The van der Waals surface area contributed by atoms with E-state index >= 15 is 0 Å². The Balaban J connectivity index is 1.53. The Hall–Kier alpha value is -4.07. The van der Waals surface area contributed by atoms with Crippen LogP contribution in [0.2, 0.25) is 0 Å². The number of aromatic nitrogens is 1. The van der Waals surface area contributed by atoms with Crippen LogP contribution < -0.4 is 10.6 Å². The molecule has 0 aliphatic heterocycles. The molecule has 52 heavy (non-hydrogen) atoms. The lowest BCUT2D eigenvalue weighted by Gasteiger charge is -2.25. The molecule has 5 aromatic rings. The zero-order chi connectivity index (χ0) is 37.0. The molecule has 1 atom stereocenters. The van der Waals surface area contributed by atoms with Gasteiger partial charge in [-0.3, -0.25) is 0 Å². The third kappa shape index (κ3) is 8.92. The summed E-state index contributed by atoms with van der Waals surface area (Å²) in [5.41, 5.74) is 11.1. The van der Waals surface area contributed by atoms with Crippen LogP contribution in [0.5, 0.6) is 0 Å². The highest BCUT2D eigenvalue weighted by Gasteiger charge is 2.23. The van der Waals surface area contributed by atoms with Crippen molar-refractivity contribution in [2.24, 2.45) is 11.7 Å². The third-order valence-corrected chi connectivity index (χ3v) is 13.8. The Labute approximate surface area is 322 Å². The lowest BCUT2D eigenvalue weighted by atomic mass is 9.99. The minimum absolute atomic E-state index is 0.0766. The molecule has 6 nitrogen and oxygen atoms in total. The molecule has 1 unspecified atom stereocenters. The fraction of sp³-hybridized carbons (Fsp3) is 0.465. The van der Waals surface area contributed by atoms with E-state index in [-0.39, 0.29) is 16.8 Å². The molecule has 4 heterocycles. The summed E-state index contributed by atoms with van der Waals surface area (Å²) in [5, 5.41) is 28.4. The van der Waals surface area contributed by atoms with Crippen LogP contribution >= 0.6 is 34.0 Å². The van der Waals surface area contributed by atoms with Crippen molar-refractivity contribution in [1.82, 2.24) is 4.57 Å². The van der Waals surface area contributed by atoms with Crippen molar-refractivity contribution in [3.05, 3.63) is 58.1 Å². The number of anilines is 1. The van der Waals surface area contributed by atoms with Crippen LogP contribution in [0.1, 0.15) is 110 Å². The van der Waals surface area contributed by atoms with Crippen LogP contribution in [0.4, 0.5) is 5.69 Å². The van der Waals surface area contributed by atoms with E-state index in [4.69, 9.17) is 5.73 Å². The van der Waals surface area contributed by atoms with Crippen molar-refractivity contribution < 1.29 is 0 Å². The molecule has 9 heteroatoms. The lowest BCUT2D eigenvalue weighted by Crippen LogP contribution is -2.25. The molecular formula is C43H52N6S3. The Morgan fingerprint density at radius 1 is 0.788 bits per heavy atom. The zero-order valence-corrected chi connectivity index (χ0v) is 33.7. The van der Waals surface area contributed by atoms with Gasteiger partial charge < -0.3 is 15.2 Å². The van der Waals surface area contributed by atoms with E-state index in [1.807, 2.05) is 22.7 Å². The average molecular weight is 749 g/mol. The largest absolute Gasteiger partial charge is 0.396 e. The monoisotopic (exact) mass is 748 g/mol. The second-order valence-corrected chi connectivity index (χ2v) is 17.0. The molecule has 0 bridgehead atoms. The van der Waals surface area contributed by atoms with Crippen molar-refractivity contribution in [1.29, 1.82) is 15.8 Å². The predicted octanol–water partition coefficient (Wildman–Crippen LogP) is 13.1. The average Bonchev–Trinajstić information content (AvgIpc) is 3.91. The number of nitrogens with zero attached hydrogens (tertiary/aromatic N) is 5. The van der Waals surface area contributed by atoms with Gasteiger partial charge >= 0.3 is 0 Å². The first kappa shape index (κ1) is 39.1. The van der Waals surface area contributed by atoms with Crippen LogP contribution in [-0.2, 0) is 6.54 Å². The number of benzene rings is 1. The van der Waals surface area contributed by atoms with Crippen LogP contribution in [0.15, 0.2) is 53.2 Å². The topological polar surface area (TPSA) is 106 Å². The molecule has 0 aliphatic rings. The first-order chi connectivity index (χ1) is 25.4. The van der Waals surface area contributed by atoms with Gasteiger partial charge in [-0.15, -0.1) is 34.0 Å². The van der Waals surface area contributed by atoms with Crippen LogP contribution in [0.3, 0.4) is 0 Å². The molecule has 0 radical (unpaired) electrons. The number of nitrogens with two attached hydrogens (primary N) is 1. The fourth-order valence-electron chi connectivity index (χ4n) is 7.00. The van der Waals surface area contributed by atoms with Crippen molar-refractivity contribution in [2.75, 3.05) is 18.0 Å². The first-order valence-electron chi connectivity index (χ1n) is 19.2. The van der Waals surface area contributed by atoms with Gasteiger partial charge in [-0.1, -0.05) is 97.6 Å². The van der Waals surface area contributed by atoms with Gasteiger partial charge in [-0.25, -0.2) is 0 Å². The summed E-state index contributed by atoms with van der Waals surface area (Å²) >= 11 is 5.36. The normalized spacial score (nSPS) is 12.3. The molecule has 0 saturated carbocycles. The smallest absolute Gasteiger partial charge is 0.153 e. The molecule has 0 aliphatic carbocycles. The van der Waals surface area contributed by atoms with E-state index < -0.39 is 0 Å². The van der Waals surface area contributed by atoms with Crippen molar-refractivity contribution in [3.63, 3.8) is 0 Å². The van der Waals surface area contributed by atoms with Crippen molar-refractivity contribution >= 4 is 75.6 Å². The minimum atomic E-state index is -0.243. The maximum absolute atomic E-state index is 9.82. The lowest BCUT2D eigenvalue weighted by molar-refractivity contribution is 0.401. The van der Waals surface area contributed by atoms with E-state index in [1.54, 1.807) is 29.6 Å². The summed E-state index contributed by atoms with van der Waals surface area (Å²) in [4.78, 5) is 4.80. The van der Waals surface area contributed by atoms with E-state index in [0.717, 1.165) is 30.9 Å². The summed E-state index contributed by atoms with van der Waals surface area (Å²) in [6.45, 7) is 12.4. The van der Waals surface area contributed by atoms with Crippen molar-refractivity contribution in [2.45, 2.75) is 111 Å². The number of fused-ring (bicyclic) bond motifs is 5. The van der Waals surface area contributed by atoms with Gasteiger partial charge in [0.15, 0.2) is 5.57 Å². The molecule has 0 spiro atoms. The molecular weight excluding hydrogens is 697 g/mol. The van der Waals surface area contributed by atoms with Gasteiger partial charge in [0.25, 0.3) is 0 Å². The highest BCUT2D eigenvalue weighted by Crippen LogP contribution is 2.49. The zero-order valence-electron chi connectivity index (χ0n) is 31.3. The van der Waals surface area contributed by atoms with Gasteiger partial charge in [-0.05, 0) is 61.1 Å². The number of hydrogen-bond acceptors (Lipinski definition) is 8. The second-order valence-electron chi connectivity index (χ2n) is 13.8. The van der Waals surface area contributed by atoms with Crippen LogP contribution in [0.25, 0.3) is 46.3 Å². The van der Waals surface area contributed by atoms with E-state index in [2.05, 4.69) is 79.6 Å². The van der Waals surface area contributed by atoms with Gasteiger partial charge in [0.05, 0.1) is 36.4 Å². The summed E-state index contributed by atoms with van der Waals surface area (Å²) < 4.78 is 7.63. The highest BCUT2D eigenvalue weighted by atomic mass is 32.1. The quantitative estimate of drug-likeness (QED) is 0.0484. The summed E-state index contributed by atoms with van der Waals surface area (Å²) in [5.74, 6) is 0.585. The summed E-state index contributed by atoms with van der Waals surface area (Å²) in [7, 11) is 0. The van der Waals surface area contributed by atoms with Crippen molar-refractivity contribution in [3.8, 4) is 28.6 Å². The maximum atomic E-state index is 9.82. The van der Waals surface area contributed by atoms with Gasteiger partial charge in [0.2, 0.25) is 0 Å². The maximum Gasteiger partial charge on any atom is 0.153 e. The Morgan fingerprint density at radius 3 is 2.06 bits per heavy atom. The molecule has 1 aromatic carbocycles. The second kappa shape index (κ2) is 19.1. The minimum Gasteiger partial charge on any atom is -0.396 e. The number of hydrogen-bond donors (Lipinski definition) is 1. The number of thiophene rings is 3. The Kier molecular flexibility index (Phi) is 14.4. The molecule has 2 N–H and O–H groups in total.